The maximum atomic E-state index is 16.5. The van der Waals surface area contributed by atoms with E-state index in [1.54, 1.807) is 0 Å². The van der Waals surface area contributed by atoms with Crippen LogP contribution >= 0.6 is 0 Å². The zero-order chi connectivity index (χ0) is 32.8. The Labute approximate surface area is 284 Å². The van der Waals surface area contributed by atoms with Gasteiger partial charge in [0.15, 0.2) is 5.78 Å². The van der Waals surface area contributed by atoms with Crippen LogP contribution in [-0.4, -0.2) is 110 Å². The number of alkyl halides is 1. The largest absolute Gasteiger partial charge is 0.378 e. The van der Waals surface area contributed by atoms with Crippen LogP contribution in [0.5, 0.6) is 0 Å². The van der Waals surface area contributed by atoms with E-state index in [1.165, 1.54) is 32.1 Å². The van der Waals surface area contributed by atoms with Gasteiger partial charge in [0.2, 0.25) is 0 Å². The summed E-state index contributed by atoms with van der Waals surface area (Å²) < 4.78 is 29.1. The minimum Gasteiger partial charge on any atom is -0.378 e. The molecule has 0 aromatic heterocycles. The fourth-order valence-corrected chi connectivity index (χ4v) is 10.5. The normalized spacial score (nSPS) is 38.1. The standard InChI is InChI=1S/C38H54FN5O4/c1-42-14-6-10-27(42)12-13-40-38(46)29-23-44-32-19-24-7-2-3-8-25(24)20-33(32)48-37-34(30(39)21-28(35(37)44)36(29)45)41-22-26-9-4-5-11-31(26)43-15-17-47-18-16-43/h4-5,9,11,23-25,27-28,30,32-35,37,41H,2-3,6-8,10,12-22H2,1H3,(H,40,46). The zero-order valence-corrected chi connectivity index (χ0v) is 28.5. The van der Waals surface area contributed by atoms with E-state index in [2.05, 4.69) is 50.6 Å². The van der Waals surface area contributed by atoms with Crippen molar-refractivity contribution in [2.24, 2.45) is 17.8 Å². The lowest BCUT2D eigenvalue weighted by molar-refractivity contribution is -0.208. The molecule has 3 saturated carbocycles. The molecular weight excluding hydrogens is 609 g/mol. The van der Waals surface area contributed by atoms with Crippen LogP contribution in [0.3, 0.4) is 0 Å². The number of hydrogen-bond acceptors (Lipinski definition) is 8. The number of nitrogens with one attached hydrogen (secondary N) is 2. The van der Waals surface area contributed by atoms with Crippen molar-refractivity contribution in [3.05, 3.63) is 41.6 Å². The second kappa shape index (κ2) is 14.0. The van der Waals surface area contributed by atoms with Crippen LogP contribution < -0.4 is 15.5 Å². The summed E-state index contributed by atoms with van der Waals surface area (Å²) in [7, 11) is 2.14. The summed E-state index contributed by atoms with van der Waals surface area (Å²) in [6, 6.07) is 8.11. The van der Waals surface area contributed by atoms with Gasteiger partial charge in [0.25, 0.3) is 5.91 Å². The lowest BCUT2D eigenvalue weighted by Gasteiger charge is -2.61. The third kappa shape index (κ3) is 6.20. The predicted molar refractivity (Wildman–Crippen MR) is 182 cm³/mol. The Kier molecular flexibility index (Phi) is 9.53. The van der Waals surface area contributed by atoms with Gasteiger partial charge in [0, 0.05) is 50.0 Å². The summed E-state index contributed by atoms with van der Waals surface area (Å²) in [5.74, 6) is 0.161. The summed E-state index contributed by atoms with van der Waals surface area (Å²) in [4.78, 5) is 34.8. The molecule has 3 aliphatic carbocycles. The van der Waals surface area contributed by atoms with Crippen LogP contribution in [0.2, 0.25) is 0 Å². The van der Waals surface area contributed by atoms with Crippen molar-refractivity contribution in [1.29, 1.82) is 0 Å². The van der Waals surface area contributed by atoms with Gasteiger partial charge in [-0.05, 0) is 75.6 Å². The number of nitrogens with zero attached hydrogens (tertiary/aromatic N) is 3. The van der Waals surface area contributed by atoms with Crippen LogP contribution in [0.25, 0.3) is 0 Å². The van der Waals surface area contributed by atoms with Crippen molar-refractivity contribution < 1.29 is 23.5 Å². The van der Waals surface area contributed by atoms with Gasteiger partial charge in [-0.1, -0.05) is 43.9 Å². The predicted octanol–water partition coefficient (Wildman–Crippen LogP) is 3.81. The lowest BCUT2D eigenvalue weighted by atomic mass is 9.65. The van der Waals surface area contributed by atoms with Crippen molar-refractivity contribution in [1.82, 2.24) is 20.4 Å². The van der Waals surface area contributed by atoms with E-state index >= 15 is 4.39 Å². The van der Waals surface area contributed by atoms with Crippen molar-refractivity contribution in [3.63, 3.8) is 0 Å². The van der Waals surface area contributed by atoms with Crippen molar-refractivity contribution in [2.75, 3.05) is 51.3 Å². The van der Waals surface area contributed by atoms with E-state index in [1.807, 2.05) is 12.3 Å². The van der Waals surface area contributed by atoms with Crippen LogP contribution in [0.15, 0.2) is 36.0 Å². The summed E-state index contributed by atoms with van der Waals surface area (Å²) in [6.07, 6.45) is 10.4. The molecular formula is C38H54FN5O4. The van der Waals surface area contributed by atoms with Gasteiger partial charge in [0.1, 0.15) is 6.17 Å². The first-order chi connectivity index (χ1) is 23.5. The minimum absolute atomic E-state index is 0.0341. The summed E-state index contributed by atoms with van der Waals surface area (Å²) >= 11 is 0. The average molecular weight is 664 g/mol. The number of fused-ring (bicyclic) bond motifs is 3. The Morgan fingerprint density at radius 3 is 2.58 bits per heavy atom. The van der Waals surface area contributed by atoms with Crippen molar-refractivity contribution in [3.8, 4) is 0 Å². The summed E-state index contributed by atoms with van der Waals surface area (Å²) in [6.45, 7) is 5.23. The Hall–Kier alpha value is -2.53. The molecule has 6 fully saturated rings. The summed E-state index contributed by atoms with van der Waals surface area (Å²) in [5, 5.41) is 6.69. The maximum Gasteiger partial charge on any atom is 0.256 e. The first kappa shape index (κ1) is 32.7. The number of hydrogen-bond donors (Lipinski definition) is 2. The molecule has 1 aromatic rings. The van der Waals surface area contributed by atoms with Crippen molar-refractivity contribution in [2.45, 2.75) is 113 Å². The molecule has 7 aliphatic rings. The number of benzene rings is 1. The molecule has 0 bridgehead atoms. The van der Waals surface area contributed by atoms with Gasteiger partial charge in [-0.25, -0.2) is 4.39 Å². The van der Waals surface area contributed by atoms with Crippen LogP contribution in [-0.2, 0) is 25.6 Å². The molecule has 9 nitrogen and oxygen atoms in total. The number of ketones is 1. The molecule has 3 saturated heterocycles. The number of para-hydroxylation sites is 1. The van der Waals surface area contributed by atoms with Gasteiger partial charge in [-0.2, -0.15) is 0 Å². The quantitative estimate of drug-likeness (QED) is 0.407. The Morgan fingerprint density at radius 1 is 1.00 bits per heavy atom. The fraction of sp³-hybridized carbons (Fsp3) is 0.737. The highest BCUT2D eigenvalue weighted by atomic mass is 19.1. The van der Waals surface area contributed by atoms with Crippen LogP contribution in [0.1, 0.15) is 69.8 Å². The molecule has 48 heavy (non-hydrogen) atoms. The van der Waals surface area contributed by atoms with E-state index in [0.29, 0.717) is 44.2 Å². The van der Waals surface area contributed by atoms with Gasteiger partial charge in [-0.15, -0.1) is 0 Å². The smallest absolute Gasteiger partial charge is 0.256 e. The number of carbonyl (C=O) groups excluding carboxylic acids is 2. The van der Waals surface area contributed by atoms with E-state index < -0.39 is 24.2 Å². The molecule has 0 radical (unpaired) electrons. The number of ether oxygens (including phenoxy) is 2. The molecule has 2 N–H and O–H groups in total. The first-order valence-corrected chi connectivity index (χ1v) is 18.9. The zero-order valence-electron chi connectivity index (χ0n) is 28.5. The lowest BCUT2D eigenvalue weighted by Crippen LogP contribution is -2.73. The second-order valence-corrected chi connectivity index (χ2v) is 15.6. The first-order valence-electron chi connectivity index (χ1n) is 18.9. The number of carbonyl (C=O) groups is 2. The number of anilines is 1. The van der Waals surface area contributed by atoms with Crippen LogP contribution in [0, 0.1) is 17.8 Å². The van der Waals surface area contributed by atoms with Crippen LogP contribution in [0.4, 0.5) is 10.1 Å². The van der Waals surface area contributed by atoms with Gasteiger partial charge in [0.05, 0.1) is 49.1 Å². The molecule has 0 spiro atoms. The SMILES string of the molecule is CN1CCCC1CCNC(=O)C1=CN2C3CC4CCCCC4CC3OC3C(NCc4ccccc4N4CCOCC4)C(F)CC(C1=O)C32. The highest BCUT2D eigenvalue weighted by Gasteiger charge is 2.59. The monoisotopic (exact) mass is 663 g/mol. The van der Waals surface area contributed by atoms with E-state index in [0.717, 1.165) is 56.6 Å². The molecule has 4 heterocycles. The van der Waals surface area contributed by atoms with Crippen molar-refractivity contribution >= 4 is 17.4 Å². The van der Waals surface area contributed by atoms with Gasteiger partial charge >= 0.3 is 0 Å². The molecule has 1 aromatic carbocycles. The highest BCUT2D eigenvalue weighted by Crippen LogP contribution is 2.50. The topological polar surface area (TPSA) is 86.4 Å². The molecule has 4 aliphatic heterocycles. The maximum absolute atomic E-state index is 16.5. The van der Waals surface area contributed by atoms with E-state index in [9.17, 15) is 9.59 Å². The molecule has 10 atom stereocenters. The highest BCUT2D eigenvalue weighted by molar-refractivity contribution is 6.20. The molecule has 1 amide bonds. The fourth-order valence-electron chi connectivity index (χ4n) is 10.5. The van der Waals surface area contributed by atoms with Gasteiger partial charge < -0.3 is 34.8 Å². The number of rotatable bonds is 8. The number of halogens is 1. The number of morpholine rings is 2. The Balaban J connectivity index is 1.05. The Bertz CT molecular complexity index is 1370. The third-order valence-corrected chi connectivity index (χ3v) is 13.0. The molecule has 8 rings (SSSR count). The molecule has 262 valence electrons. The van der Waals surface area contributed by atoms with Gasteiger partial charge in [-0.3, -0.25) is 9.59 Å². The second-order valence-electron chi connectivity index (χ2n) is 15.6. The van der Waals surface area contributed by atoms with E-state index in [4.69, 9.17) is 9.47 Å². The molecule has 10 heteroatoms. The number of likely N-dealkylation sites (tertiary alicyclic amines) is 1. The third-order valence-electron chi connectivity index (χ3n) is 13.0. The summed E-state index contributed by atoms with van der Waals surface area (Å²) in [5.41, 5.74) is 2.49. The van der Waals surface area contributed by atoms with E-state index in [-0.39, 0.29) is 41.9 Å². The Morgan fingerprint density at radius 2 is 1.79 bits per heavy atom. The number of amides is 1. The minimum atomic E-state index is -1.26. The molecule has 10 unspecified atom stereocenters. The number of Topliss-reactive ketones (excluding diaryl/α,β-unsaturated/α-hetero) is 1. The average Bonchev–Trinajstić information content (AvgIpc) is 3.52.